The molecular weight excluding hydrogens is 368 g/mol. The molecule has 0 saturated carbocycles. The van der Waals surface area contributed by atoms with Gasteiger partial charge in [0.05, 0.1) is 35.8 Å². The number of benzene rings is 1. The van der Waals surface area contributed by atoms with Crippen molar-refractivity contribution in [2.45, 2.75) is 17.0 Å². The van der Waals surface area contributed by atoms with Gasteiger partial charge in [-0.05, 0) is 12.1 Å². The molecule has 0 unspecified atom stereocenters. The third-order valence-corrected chi connectivity index (χ3v) is 7.82. The Bertz CT molecular complexity index is 985. The minimum absolute atomic E-state index is 0.0875. The topological polar surface area (TPSA) is 125 Å². The van der Waals surface area contributed by atoms with Crippen LogP contribution in [0.5, 0.6) is 0 Å². The summed E-state index contributed by atoms with van der Waals surface area (Å²) in [6, 6.07) is 6.92. The van der Waals surface area contributed by atoms with Crippen molar-refractivity contribution < 1.29 is 27.0 Å². The number of pyridine rings is 1. The van der Waals surface area contributed by atoms with Crippen LogP contribution in [0.25, 0.3) is 10.9 Å². The molecule has 8 nitrogen and oxygen atoms in total. The average molecular weight is 386 g/mol. The van der Waals surface area contributed by atoms with E-state index in [2.05, 4.69) is 4.98 Å². The summed E-state index contributed by atoms with van der Waals surface area (Å²) in [5.41, 5.74) is 0.253. The van der Waals surface area contributed by atoms with Crippen LogP contribution in [-0.2, 0) is 19.9 Å². The molecule has 1 aromatic heterocycles. The van der Waals surface area contributed by atoms with E-state index in [0.29, 0.717) is 5.39 Å². The Labute approximate surface area is 145 Å². The number of para-hydroxylation sites is 1. The second-order valence-corrected chi connectivity index (χ2v) is 9.90. The molecule has 2 N–H and O–H groups in total. The standard InChI is InChI=1S/C15H18N2O6S2/c18-8-7-17(12-9-24(20,21)10-13(12)19)25(22,23)14-5-1-3-11-4-2-6-16-15(11)14/h1-6,12-13,18-19H,7-10H2/t12-,13+/m1/s1. The molecule has 25 heavy (non-hydrogen) atoms. The zero-order valence-corrected chi connectivity index (χ0v) is 14.8. The number of sulfone groups is 1. The van der Waals surface area contributed by atoms with Crippen molar-refractivity contribution in [1.82, 2.24) is 9.29 Å². The van der Waals surface area contributed by atoms with Crippen LogP contribution < -0.4 is 0 Å². The van der Waals surface area contributed by atoms with Gasteiger partial charge in [0, 0.05) is 18.1 Å². The van der Waals surface area contributed by atoms with Crippen LogP contribution in [0.15, 0.2) is 41.4 Å². The zero-order chi connectivity index (χ0) is 18.2. The Morgan fingerprint density at radius 1 is 1.20 bits per heavy atom. The summed E-state index contributed by atoms with van der Waals surface area (Å²) < 4.78 is 50.7. The van der Waals surface area contributed by atoms with Crippen molar-refractivity contribution in [3.63, 3.8) is 0 Å². The first-order chi connectivity index (χ1) is 11.8. The van der Waals surface area contributed by atoms with Crippen molar-refractivity contribution in [1.29, 1.82) is 0 Å². The van der Waals surface area contributed by atoms with Crippen molar-refractivity contribution in [3.05, 3.63) is 36.5 Å². The minimum atomic E-state index is -4.17. The summed E-state index contributed by atoms with van der Waals surface area (Å²) in [6.07, 6.45) is 0.126. The molecule has 2 aromatic rings. The molecule has 0 amide bonds. The zero-order valence-electron chi connectivity index (χ0n) is 13.2. The van der Waals surface area contributed by atoms with E-state index in [9.17, 15) is 27.0 Å². The Balaban J connectivity index is 2.12. The molecule has 136 valence electrons. The van der Waals surface area contributed by atoms with Gasteiger partial charge in [0.15, 0.2) is 9.84 Å². The Morgan fingerprint density at radius 3 is 2.56 bits per heavy atom. The highest BCUT2D eigenvalue weighted by Gasteiger charge is 2.44. The maximum absolute atomic E-state index is 13.1. The number of aliphatic hydroxyl groups excluding tert-OH is 2. The molecule has 0 radical (unpaired) electrons. The maximum Gasteiger partial charge on any atom is 0.245 e. The van der Waals surface area contributed by atoms with E-state index < -0.39 is 50.1 Å². The molecule has 1 saturated heterocycles. The van der Waals surface area contributed by atoms with Gasteiger partial charge in [0.2, 0.25) is 10.0 Å². The van der Waals surface area contributed by atoms with Crippen LogP contribution in [-0.4, -0.2) is 73.1 Å². The van der Waals surface area contributed by atoms with Gasteiger partial charge < -0.3 is 10.2 Å². The van der Waals surface area contributed by atoms with E-state index in [4.69, 9.17) is 0 Å². The predicted molar refractivity (Wildman–Crippen MR) is 91.2 cm³/mol. The number of fused-ring (bicyclic) bond motifs is 1. The molecule has 1 fully saturated rings. The number of sulfonamides is 1. The lowest BCUT2D eigenvalue weighted by atomic mass is 10.2. The van der Waals surface area contributed by atoms with E-state index in [0.717, 1.165) is 4.31 Å². The van der Waals surface area contributed by atoms with Crippen LogP contribution in [0.3, 0.4) is 0 Å². The third-order valence-electron chi connectivity index (χ3n) is 4.17. The highest BCUT2D eigenvalue weighted by molar-refractivity contribution is 7.92. The van der Waals surface area contributed by atoms with Crippen LogP contribution in [0, 0.1) is 0 Å². The Hall–Kier alpha value is -1.59. The molecule has 0 bridgehead atoms. The van der Waals surface area contributed by atoms with Crippen molar-refractivity contribution in [2.24, 2.45) is 0 Å². The molecule has 3 rings (SSSR count). The molecular formula is C15H18N2O6S2. The Kier molecular flexibility index (Phi) is 4.82. The average Bonchev–Trinajstić information content (AvgIpc) is 2.84. The lowest BCUT2D eigenvalue weighted by Gasteiger charge is -2.29. The molecule has 0 aliphatic carbocycles. The number of aromatic nitrogens is 1. The van der Waals surface area contributed by atoms with Crippen molar-refractivity contribution in [3.8, 4) is 0 Å². The van der Waals surface area contributed by atoms with Crippen LogP contribution >= 0.6 is 0 Å². The predicted octanol–water partition coefficient (Wildman–Crippen LogP) is -0.624. The number of hydrogen-bond donors (Lipinski definition) is 2. The first-order valence-corrected chi connectivity index (χ1v) is 10.9. The highest BCUT2D eigenvalue weighted by Crippen LogP contribution is 2.28. The van der Waals surface area contributed by atoms with Gasteiger partial charge in [-0.25, -0.2) is 16.8 Å². The highest BCUT2D eigenvalue weighted by atomic mass is 32.2. The minimum Gasteiger partial charge on any atom is -0.395 e. The van der Waals surface area contributed by atoms with Crippen molar-refractivity contribution in [2.75, 3.05) is 24.7 Å². The lowest BCUT2D eigenvalue weighted by Crippen LogP contribution is -2.47. The number of hydrogen-bond acceptors (Lipinski definition) is 7. The second-order valence-electron chi connectivity index (χ2n) is 5.88. The largest absolute Gasteiger partial charge is 0.395 e. The molecule has 10 heteroatoms. The fourth-order valence-corrected chi connectivity index (χ4v) is 6.77. The summed E-state index contributed by atoms with van der Waals surface area (Å²) in [5, 5.41) is 20.0. The van der Waals surface area contributed by atoms with Gasteiger partial charge in [0.1, 0.15) is 4.90 Å². The van der Waals surface area contributed by atoms with E-state index in [1.54, 1.807) is 24.3 Å². The molecule has 2 heterocycles. The molecule has 1 aliphatic rings. The monoisotopic (exact) mass is 386 g/mol. The van der Waals surface area contributed by atoms with Crippen molar-refractivity contribution >= 4 is 30.8 Å². The second kappa shape index (κ2) is 6.61. The number of aliphatic hydroxyl groups is 2. The van der Waals surface area contributed by atoms with E-state index in [-0.39, 0.29) is 17.0 Å². The van der Waals surface area contributed by atoms with Gasteiger partial charge in [-0.2, -0.15) is 4.31 Å². The molecule has 0 spiro atoms. The summed E-state index contributed by atoms with van der Waals surface area (Å²) in [4.78, 5) is 4.03. The third kappa shape index (κ3) is 3.40. The fraction of sp³-hybridized carbons (Fsp3) is 0.400. The van der Waals surface area contributed by atoms with Gasteiger partial charge in [-0.15, -0.1) is 0 Å². The molecule has 1 aliphatic heterocycles. The van der Waals surface area contributed by atoms with E-state index >= 15 is 0 Å². The molecule has 1 aromatic carbocycles. The normalized spacial score (nSPS) is 23.3. The van der Waals surface area contributed by atoms with E-state index in [1.165, 1.54) is 12.3 Å². The SMILES string of the molecule is O=S1(=O)C[C@@H](N(CCO)S(=O)(=O)c2cccc3cccnc23)[C@@H](O)C1. The smallest absolute Gasteiger partial charge is 0.245 e. The maximum atomic E-state index is 13.1. The van der Waals surface area contributed by atoms with E-state index in [1.807, 2.05) is 0 Å². The quantitative estimate of drug-likeness (QED) is 0.701. The summed E-state index contributed by atoms with van der Waals surface area (Å²) in [7, 11) is -7.72. The first-order valence-electron chi connectivity index (χ1n) is 7.61. The first kappa shape index (κ1) is 18.2. The number of nitrogens with zero attached hydrogens (tertiary/aromatic N) is 2. The summed E-state index contributed by atoms with van der Waals surface area (Å²) >= 11 is 0. The van der Waals surface area contributed by atoms with Gasteiger partial charge in [-0.1, -0.05) is 18.2 Å². The molecule has 2 atom stereocenters. The lowest BCUT2D eigenvalue weighted by molar-refractivity contribution is 0.117. The fourth-order valence-electron chi connectivity index (χ4n) is 3.06. The summed E-state index contributed by atoms with van der Waals surface area (Å²) in [6.45, 7) is -0.816. The Morgan fingerprint density at radius 2 is 1.92 bits per heavy atom. The van der Waals surface area contributed by atoms with Gasteiger partial charge >= 0.3 is 0 Å². The van der Waals surface area contributed by atoms with Gasteiger partial charge in [0.25, 0.3) is 0 Å². The van der Waals surface area contributed by atoms with Gasteiger partial charge in [-0.3, -0.25) is 4.98 Å². The van der Waals surface area contributed by atoms with Crippen LogP contribution in [0.2, 0.25) is 0 Å². The summed E-state index contributed by atoms with van der Waals surface area (Å²) in [5.74, 6) is -0.978. The van der Waals surface area contributed by atoms with Crippen LogP contribution in [0.4, 0.5) is 0 Å². The van der Waals surface area contributed by atoms with Crippen LogP contribution in [0.1, 0.15) is 0 Å². The number of rotatable bonds is 5.